The molecule has 3 aliphatic rings. The van der Waals surface area contributed by atoms with Crippen molar-refractivity contribution in [3.8, 4) is 16.9 Å². The van der Waals surface area contributed by atoms with E-state index in [-0.39, 0.29) is 40.9 Å². The summed E-state index contributed by atoms with van der Waals surface area (Å²) >= 11 is 0. The monoisotopic (exact) mass is 641 g/mol. The molecule has 244 valence electrons. The van der Waals surface area contributed by atoms with Crippen LogP contribution in [0.3, 0.4) is 0 Å². The maximum atomic E-state index is 14.3. The van der Waals surface area contributed by atoms with E-state index < -0.39 is 17.8 Å². The number of carbonyl (C=O) groups is 2. The molecule has 3 aromatic rings. The summed E-state index contributed by atoms with van der Waals surface area (Å²) in [6, 6.07) is 13.2. The van der Waals surface area contributed by atoms with Crippen LogP contribution in [0.1, 0.15) is 41.6 Å². The minimum Gasteiger partial charge on any atom is -0.508 e. The Labute approximate surface area is 271 Å². The van der Waals surface area contributed by atoms with Crippen molar-refractivity contribution in [3.05, 3.63) is 95.9 Å². The third kappa shape index (κ3) is 7.66. The predicted octanol–water partition coefficient (Wildman–Crippen LogP) is 5.02. The Balaban J connectivity index is 1.07. The first-order chi connectivity index (χ1) is 22.6. The van der Waals surface area contributed by atoms with Crippen molar-refractivity contribution in [2.45, 2.75) is 50.4 Å². The number of hydrogen-bond donors (Lipinski definition) is 4. The first kappa shape index (κ1) is 31.9. The molecule has 1 atom stereocenters. The zero-order valence-electron chi connectivity index (χ0n) is 26.2. The number of anilines is 2. The topological polar surface area (TPSA) is 122 Å². The lowest BCUT2D eigenvalue weighted by Gasteiger charge is -2.30. The summed E-state index contributed by atoms with van der Waals surface area (Å²) in [6.45, 7) is 0.924. The zero-order chi connectivity index (χ0) is 33.1. The van der Waals surface area contributed by atoms with E-state index in [2.05, 4.69) is 25.9 Å². The van der Waals surface area contributed by atoms with Crippen LogP contribution >= 0.6 is 0 Å². The number of halogens is 2. The van der Waals surface area contributed by atoms with Gasteiger partial charge in [0.1, 0.15) is 35.1 Å². The molecule has 1 aliphatic carbocycles. The van der Waals surface area contributed by atoms with Gasteiger partial charge in [-0.2, -0.15) is 0 Å². The number of phenolic OH excluding ortho intramolecular Hbond substituents is 1. The van der Waals surface area contributed by atoms with E-state index in [1.54, 1.807) is 23.1 Å². The smallest absolute Gasteiger partial charge is 0.255 e. The number of fused-ring (bicyclic) bond motifs is 1. The van der Waals surface area contributed by atoms with E-state index in [1.165, 1.54) is 18.3 Å². The van der Waals surface area contributed by atoms with E-state index in [1.807, 2.05) is 49.3 Å². The Bertz CT molecular complexity index is 1770. The van der Waals surface area contributed by atoms with Crippen molar-refractivity contribution in [1.29, 1.82) is 0 Å². The molecule has 1 saturated carbocycles. The van der Waals surface area contributed by atoms with Gasteiger partial charge in [-0.3, -0.25) is 14.6 Å². The van der Waals surface area contributed by atoms with Gasteiger partial charge < -0.3 is 30.9 Å². The Morgan fingerprint density at radius 1 is 1.00 bits per heavy atom. The normalized spacial score (nSPS) is 20.4. The number of pyridine rings is 1. The number of benzene rings is 2. The molecule has 0 bridgehead atoms. The van der Waals surface area contributed by atoms with Crippen molar-refractivity contribution in [1.82, 2.24) is 25.4 Å². The van der Waals surface area contributed by atoms with Crippen molar-refractivity contribution < 1.29 is 23.5 Å². The number of hydrogen-bond acceptors (Lipinski definition) is 8. The molecule has 2 aliphatic heterocycles. The summed E-state index contributed by atoms with van der Waals surface area (Å²) in [4.78, 5) is 38.5. The molecule has 4 N–H and O–H groups in total. The van der Waals surface area contributed by atoms with Gasteiger partial charge in [-0.15, -0.1) is 0 Å². The number of phenols is 1. The molecule has 2 amide bonds. The van der Waals surface area contributed by atoms with Crippen LogP contribution in [0.15, 0.2) is 83.9 Å². The lowest BCUT2D eigenvalue weighted by atomic mass is 9.90. The van der Waals surface area contributed by atoms with Gasteiger partial charge in [-0.25, -0.2) is 13.8 Å². The molecule has 6 rings (SSSR count). The Morgan fingerprint density at radius 2 is 1.77 bits per heavy atom. The van der Waals surface area contributed by atoms with Gasteiger partial charge in [-0.05, 0) is 99.0 Å². The van der Waals surface area contributed by atoms with E-state index in [0.717, 1.165) is 22.9 Å². The van der Waals surface area contributed by atoms with Crippen LogP contribution in [0.5, 0.6) is 5.75 Å². The largest absolute Gasteiger partial charge is 0.508 e. The van der Waals surface area contributed by atoms with Gasteiger partial charge in [0.25, 0.3) is 5.91 Å². The SMILES string of the molecule is CN(C)Cc1cc(O)ccc1-c1cccc(Nc2ncc(F)cc2C(=O)NC2CCC(NC(=O)C3CN4C=C(F)C=CC4=N3)CC2)c1. The highest BCUT2D eigenvalue weighted by molar-refractivity contribution is 6.00. The molecule has 47 heavy (non-hydrogen) atoms. The average Bonchev–Trinajstić information content (AvgIpc) is 3.46. The number of rotatable bonds is 9. The Hall–Kier alpha value is -5.10. The van der Waals surface area contributed by atoms with Crippen LogP contribution < -0.4 is 16.0 Å². The van der Waals surface area contributed by atoms with Crippen molar-refractivity contribution in [2.24, 2.45) is 4.99 Å². The summed E-state index contributed by atoms with van der Waals surface area (Å²) in [5.74, 6) is -0.671. The standard InChI is InChI=1S/C35H37F2N7O3/c1-43(2)18-22-15-28(45)11-12-29(22)21-4-3-5-27(14-21)39-33-30(16-24(37)17-38-33)34(46)40-25-7-9-26(10-8-25)41-35(47)31-20-44-19-23(36)6-13-32(44)42-31/h3-6,11-17,19,25-26,31,45H,7-10,18,20H2,1-2H3,(H,38,39)(H,40,46)(H,41,47). The Kier molecular flexibility index (Phi) is 9.30. The predicted molar refractivity (Wildman–Crippen MR) is 176 cm³/mol. The van der Waals surface area contributed by atoms with Gasteiger partial charge in [0.15, 0.2) is 0 Å². The number of allylic oxidation sites excluding steroid dienone is 2. The number of nitrogens with zero attached hydrogens (tertiary/aromatic N) is 4. The highest BCUT2D eigenvalue weighted by atomic mass is 19.1. The fourth-order valence-corrected chi connectivity index (χ4v) is 6.19. The maximum Gasteiger partial charge on any atom is 0.255 e. The van der Waals surface area contributed by atoms with E-state index in [0.29, 0.717) is 50.3 Å². The highest BCUT2D eigenvalue weighted by Gasteiger charge is 2.32. The van der Waals surface area contributed by atoms with Crippen LogP contribution in [0.4, 0.5) is 20.3 Å². The molecule has 0 radical (unpaired) electrons. The fourth-order valence-electron chi connectivity index (χ4n) is 6.19. The second-order valence-corrected chi connectivity index (χ2v) is 12.4. The lowest BCUT2D eigenvalue weighted by molar-refractivity contribution is -0.123. The molecule has 1 fully saturated rings. The van der Waals surface area contributed by atoms with Gasteiger partial charge in [0.05, 0.1) is 18.3 Å². The summed E-state index contributed by atoms with van der Waals surface area (Å²) in [5.41, 5.74) is 3.56. The number of amides is 2. The second-order valence-electron chi connectivity index (χ2n) is 12.4. The van der Waals surface area contributed by atoms with Crippen LogP contribution in [0.2, 0.25) is 0 Å². The number of aliphatic imine (C=N–C) groups is 1. The number of amidine groups is 1. The molecule has 12 heteroatoms. The summed E-state index contributed by atoms with van der Waals surface area (Å²) in [5, 5.41) is 19.3. The summed E-state index contributed by atoms with van der Waals surface area (Å²) in [6.07, 6.45) is 7.87. The molecule has 2 aromatic carbocycles. The third-order valence-corrected chi connectivity index (χ3v) is 8.44. The summed E-state index contributed by atoms with van der Waals surface area (Å²) < 4.78 is 27.9. The zero-order valence-corrected chi connectivity index (χ0v) is 26.2. The first-order valence-electron chi connectivity index (χ1n) is 15.6. The molecular formula is C35H37F2N7O3. The highest BCUT2D eigenvalue weighted by Crippen LogP contribution is 2.31. The first-order valence-corrected chi connectivity index (χ1v) is 15.6. The van der Waals surface area contributed by atoms with Crippen LogP contribution in [0, 0.1) is 5.82 Å². The van der Waals surface area contributed by atoms with Crippen molar-refractivity contribution >= 4 is 29.2 Å². The van der Waals surface area contributed by atoms with Crippen LogP contribution in [-0.2, 0) is 11.3 Å². The van der Waals surface area contributed by atoms with Gasteiger partial charge in [-0.1, -0.05) is 18.2 Å². The van der Waals surface area contributed by atoms with Crippen LogP contribution in [0.25, 0.3) is 11.1 Å². The molecule has 1 unspecified atom stereocenters. The third-order valence-electron chi connectivity index (χ3n) is 8.44. The van der Waals surface area contributed by atoms with E-state index in [9.17, 15) is 23.5 Å². The number of aromatic hydroxyl groups is 1. The molecule has 0 spiro atoms. The number of carbonyl (C=O) groups excluding carboxylic acids is 2. The summed E-state index contributed by atoms with van der Waals surface area (Å²) in [7, 11) is 3.92. The Morgan fingerprint density at radius 3 is 2.53 bits per heavy atom. The fraction of sp³-hybridized carbons (Fsp3) is 0.314. The minimum absolute atomic E-state index is 0.0662. The molecule has 0 saturated heterocycles. The van der Waals surface area contributed by atoms with Crippen LogP contribution in [-0.4, -0.2) is 76.3 Å². The maximum absolute atomic E-state index is 14.3. The lowest BCUT2D eigenvalue weighted by Crippen LogP contribution is -2.46. The number of aromatic nitrogens is 1. The van der Waals surface area contributed by atoms with Crippen molar-refractivity contribution in [2.75, 3.05) is 26.0 Å². The average molecular weight is 642 g/mol. The molecule has 3 heterocycles. The second kappa shape index (κ2) is 13.7. The van der Waals surface area contributed by atoms with E-state index >= 15 is 0 Å². The molecular weight excluding hydrogens is 604 g/mol. The molecule has 10 nitrogen and oxygen atoms in total. The van der Waals surface area contributed by atoms with Crippen molar-refractivity contribution in [3.63, 3.8) is 0 Å². The van der Waals surface area contributed by atoms with Gasteiger partial charge in [0, 0.05) is 30.5 Å². The van der Waals surface area contributed by atoms with Gasteiger partial charge >= 0.3 is 0 Å². The van der Waals surface area contributed by atoms with E-state index in [4.69, 9.17) is 0 Å². The number of nitrogens with one attached hydrogen (secondary N) is 3. The van der Waals surface area contributed by atoms with Gasteiger partial charge in [0.2, 0.25) is 5.91 Å². The minimum atomic E-state index is -0.626. The quantitative estimate of drug-likeness (QED) is 0.259. The molecule has 1 aromatic heterocycles.